The van der Waals surface area contributed by atoms with Crippen LogP contribution in [0, 0.1) is 0 Å². The average Bonchev–Trinajstić information content (AvgIpc) is 1.64. The van der Waals surface area contributed by atoms with E-state index in [0.29, 0.717) is 6.41 Å². The minimum Gasteiger partial charge on any atom is -0.374 e. The van der Waals surface area contributed by atoms with E-state index in [1.807, 2.05) is 13.8 Å². The molecule has 0 rings (SSSR count). The molecule has 0 saturated heterocycles. The fourth-order valence-corrected chi connectivity index (χ4v) is 0.641. The quantitative estimate of drug-likeness (QED) is 0.439. The molecule has 0 aliphatic heterocycles. The maximum atomic E-state index is 10.2. The molecule has 3 nitrogen and oxygen atoms in total. The van der Waals surface area contributed by atoms with Crippen LogP contribution in [0.2, 0.25) is 0 Å². The Morgan fingerprint density at radius 2 is 1.89 bits per heavy atom. The summed E-state index contributed by atoms with van der Waals surface area (Å²) in [5.41, 5.74) is 0. The van der Waals surface area contributed by atoms with Crippen molar-refractivity contribution in [1.29, 1.82) is 0 Å². The van der Waals surface area contributed by atoms with E-state index in [2.05, 4.69) is 0 Å². The highest BCUT2D eigenvalue weighted by atomic mass is 16.3. The first-order valence-corrected chi connectivity index (χ1v) is 3.00. The lowest BCUT2D eigenvalue weighted by atomic mass is 10.3. The van der Waals surface area contributed by atoms with Crippen LogP contribution in [-0.4, -0.2) is 28.7 Å². The molecule has 0 aromatic rings. The lowest BCUT2D eigenvalue weighted by Gasteiger charge is -2.24. The summed E-state index contributed by atoms with van der Waals surface area (Å²) in [7, 11) is 0. The SMILES string of the molecule is CC(C)N(C=O)C(C)O. The third-order valence-corrected chi connectivity index (χ3v) is 1.15. The van der Waals surface area contributed by atoms with E-state index in [0.717, 1.165) is 0 Å². The number of aliphatic hydroxyl groups is 1. The molecule has 1 amide bonds. The van der Waals surface area contributed by atoms with Crippen LogP contribution in [0.5, 0.6) is 0 Å². The summed E-state index contributed by atoms with van der Waals surface area (Å²) in [6.07, 6.45) is -0.0301. The molecule has 0 aliphatic carbocycles. The predicted octanol–water partition coefficient (Wildman–Crippen LogP) is 0.191. The van der Waals surface area contributed by atoms with Crippen LogP contribution >= 0.6 is 0 Å². The van der Waals surface area contributed by atoms with Gasteiger partial charge in [0.15, 0.2) is 0 Å². The zero-order chi connectivity index (χ0) is 7.44. The Hall–Kier alpha value is -0.570. The monoisotopic (exact) mass is 131 g/mol. The second-order valence-corrected chi connectivity index (χ2v) is 2.28. The van der Waals surface area contributed by atoms with Crippen molar-refractivity contribution in [3.63, 3.8) is 0 Å². The Bertz CT molecular complexity index is 83.1. The van der Waals surface area contributed by atoms with Gasteiger partial charge in [-0.25, -0.2) is 0 Å². The van der Waals surface area contributed by atoms with Crippen molar-refractivity contribution in [2.45, 2.75) is 33.0 Å². The van der Waals surface area contributed by atoms with Crippen LogP contribution in [0.3, 0.4) is 0 Å². The number of amides is 1. The van der Waals surface area contributed by atoms with Crippen molar-refractivity contribution < 1.29 is 9.90 Å². The molecule has 0 spiro atoms. The molecule has 54 valence electrons. The van der Waals surface area contributed by atoms with E-state index in [4.69, 9.17) is 5.11 Å². The molecule has 0 bridgehead atoms. The van der Waals surface area contributed by atoms with Gasteiger partial charge >= 0.3 is 0 Å². The van der Waals surface area contributed by atoms with Crippen molar-refractivity contribution in [2.75, 3.05) is 0 Å². The number of nitrogens with zero attached hydrogens (tertiary/aromatic N) is 1. The Balaban J connectivity index is 3.82. The van der Waals surface area contributed by atoms with Crippen molar-refractivity contribution in [2.24, 2.45) is 0 Å². The van der Waals surface area contributed by atoms with Gasteiger partial charge in [-0.2, -0.15) is 0 Å². The van der Waals surface area contributed by atoms with Gasteiger partial charge < -0.3 is 10.0 Å². The highest BCUT2D eigenvalue weighted by molar-refractivity contribution is 5.47. The maximum Gasteiger partial charge on any atom is 0.211 e. The second-order valence-electron chi connectivity index (χ2n) is 2.28. The van der Waals surface area contributed by atoms with Crippen LogP contribution < -0.4 is 0 Å². The first-order valence-electron chi connectivity index (χ1n) is 3.00. The van der Waals surface area contributed by atoms with E-state index in [1.54, 1.807) is 6.92 Å². The van der Waals surface area contributed by atoms with E-state index in [9.17, 15) is 4.79 Å². The Labute approximate surface area is 55.3 Å². The summed E-state index contributed by atoms with van der Waals surface area (Å²) < 4.78 is 0. The topological polar surface area (TPSA) is 40.5 Å². The summed E-state index contributed by atoms with van der Waals surface area (Å²) >= 11 is 0. The van der Waals surface area contributed by atoms with Gasteiger partial charge in [-0.15, -0.1) is 0 Å². The number of rotatable bonds is 3. The third kappa shape index (κ3) is 2.46. The number of carbonyl (C=O) groups excluding carboxylic acids is 1. The van der Waals surface area contributed by atoms with Crippen molar-refractivity contribution in [3.05, 3.63) is 0 Å². The molecule has 1 unspecified atom stereocenters. The molecule has 0 radical (unpaired) electrons. The standard InChI is InChI=1S/C6H13NO2/c1-5(2)7(4-8)6(3)9/h4-6,9H,1-3H3. The van der Waals surface area contributed by atoms with E-state index in [-0.39, 0.29) is 6.04 Å². The van der Waals surface area contributed by atoms with Gasteiger partial charge in [0.25, 0.3) is 0 Å². The van der Waals surface area contributed by atoms with Gasteiger partial charge in [-0.05, 0) is 20.8 Å². The molecule has 0 saturated carbocycles. The fraction of sp³-hybridized carbons (Fsp3) is 0.833. The highest BCUT2D eigenvalue weighted by Crippen LogP contribution is 1.97. The predicted molar refractivity (Wildman–Crippen MR) is 34.7 cm³/mol. The molecule has 0 fully saturated rings. The van der Waals surface area contributed by atoms with Crippen LogP contribution in [0.25, 0.3) is 0 Å². The molecule has 3 heteroatoms. The lowest BCUT2D eigenvalue weighted by molar-refractivity contribution is -0.128. The zero-order valence-corrected chi connectivity index (χ0v) is 6.03. The first-order chi connectivity index (χ1) is 4.09. The molecule has 9 heavy (non-hydrogen) atoms. The van der Waals surface area contributed by atoms with Crippen molar-refractivity contribution in [1.82, 2.24) is 4.90 Å². The molecular weight excluding hydrogens is 118 g/mol. The fourth-order valence-electron chi connectivity index (χ4n) is 0.641. The van der Waals surface area contributed by atoms with Gasteiger partial charge in [-0.1, -0.05) is 0 Å². The number of carbonyl (C=O) groups is 1. The van der Waals surface area contributed by atoms with Crippen molar-refractivity contribution >= 4 is 6.41 Å². The molecule has 0 heterocycles. The number of hydrogen-bond donors (Lipinski definition) is 1. The lowest BCUT2D eigenvalue weighted by Crippen LogP contribution is -2.37. The summed E-state index contributed by atoms with van der Waals surface area (Å²) in [5, 5.41) is 8.88. The molecule has 0 aromatic carbocycles. The van der Waals surface area contributed by atoms with Crippen molar-refractivity contribution in [3.8, 4) is 0 Å². The molecule has 1 N–H and O–H groups in total. The summed E-state index contributed by atoms with van der Waals surface area (Å²) in [4.78, 5) is 11.5. The van der Waals surface area contributed by atoms with Crippen LogP contribution in [0.4, 0.5) is 0 Å². The maximum absolute atomic E-state index is 10.2. The molecule has 1 atom stereocenters. The highest BCUT2D eigenvalue weighted by Gasteiger charge is 2.10. The molecule has 0 aliphatic rings. The normalized spacial score (nSPS) is 13.4. The molecule has 0 aromatic heterocycles. The minimum absolute atomic E-state index is 0.0718. The minimum atomic E-state index is -0.678. The van der Waals surface area contributed by atoms with Gasteiger partial charge in [0.05, 0.1) is 0 Å². The third-order valence-electron chi connectivity index (χ3n) is 1.15. The number of aliphatic hydroxyl groups excluding tert-OH is 1. The Kier molecular flexibility index (Phi) is 3.24. The average molecular weight is 131 g/mol. The summed E-state index contributed by atoms with van der Waals surface area (Å²) in [6.45, 7) is 5.26. The summed E-state index contributed by atoms with van der Waals surface area (Å²) in [6, 6.07) is 0.0718. The van der Waals surface area contributed by atoms with Crippen LogP contribution in [0.1, 0.15) is 20.8 Å². The Morgan fingerprint density at radius 3 is 1.89 bits per heavy atom. The van der Waals surface area contributed by atoms with Gasteiger partial charge in [0.1, 0.15) is 6.23 Å². The van der Waals surface area contributed by atoms with Crippen LogP contribution in [-0.2, 0) is 4.79 Å². The second kappa shape index (κ2) is 3.45. The van der Waals surface area contributed by atoms with E-state index >= 15 is 0 Å². The number of hydrogen-bond acceptors (Lipinski definition) is 2. The first kappa shape index (κ1) is 8.43. The largest absolute Gasteiger partial charge is 0.374 e. The van der Waals surface area contributed by atoms with Gasteiger partial charge in [-0.3, -0.25) is 4.79 Å². The smallest absolute Gasteiger partial charge is 0.211 e. The molecular formula is C6H13NO2. The Morgan fingerprint density at radius 1 is 1.44 bits per heavy atom. The zero-order valence-electron chi connectivity index (χ0n) is 6.03. The van der Waals surface area contributed by atoms with E-state index < -0.39 is 6.23 Å². The van der Waals surface area contributed by atoms with Gasteiger partial charge in [0, 0.05) is 6.04 Å². The van der Waals surface area contributed by atoms with E-state index in [1.165, 1.54) is 4.90 Å². The van der Waals surface area contributed by atoms with Gasteiger partial charge in [0.2, 0.25) is 6.41 Å². The summed E-state index contributed by atoms with van der Waals surface area (Å²) in [5.74, 6) is 0. The van der Waals surface area contributed by atoms with Crippen LogP contribution in [0.15, 0.2) is 0 Å².